The molecule has 1 heteroatoms. The molecule has 0 aromatic heterocycles. The smallest absolute Gasteiger partial charge is 0.0340 e. The van der Waals surface area contributed by atoms with Crippen molar-refractivity contribution in [3.05, 3.63) is 12.2 Å². The number of hydrogen-bond donors (Lipinski definition) is 1. The molecular weight excluding hydrogens is 158 g/mol. The SMILES string of the molecule is NC1(C=CC(C2CC2)C2CC2)CC1. The Morgan fingerprint density at radius 3 is 2.00 bits per heavy atom. The van der Waals surface area contributed by atoms with E-state index in [2.05, 4.69) is 12.2 Å². The van der Waals surface area contributed by atoms with Crippen LogP contribution >= 0.6 is 0 Å². The van der Waals surface area contributed by atoms with Crippen LogP contribution in [0.25, 0.3) is 0 Å². The van der Waals surface area contributed by atoms with Gasteiger partial charge in [0.15, 0.2) is 0 Å². The second-order valence-electron chi connectivity index (χ2n) is 5.34. The Hall–Kier alpha value is -0.300. The van der Waals surface area contributed by atoms with Crippen molar-refractivity contribution < 1.29 is 0 Å². The average molecular weight is 177 g/mol. The molecule has 0 bridgehead atoms. The lowest BCUT2D eigenvalue weighted by Crippen LogP contribution is -2.18. The van der Waals surface area contributed by atoms with Gasteiger partial charge in [-0.2, -0.15) is 0 Å². The van der Waals surface area contributed by atoms with Gasteiger partial charge < -0.3 is 5.73 Å². The molecule has 3 rings (SSSR count). The van der Waals surface area contributed by atoms with Crippen LogP contribution < -0.4 is 5.73 Å². The summed E-state index contributed by atoms with van der Waals surface area (Å²) in [6.45, 7) is 0. The van der Waals surface area contributed by atoms with E-state index in [1.54, 1.807) is 0 Å². The summed E-state index contributed by atoms with van der Waals surface area (Å²) < 4.78 is 0. The molecule has 3 saturated carbocycles. The minimum absolute atomic E-state index is 0.127. The normalized spacial score (nSPS) is 31.5. The van der Waals surface area contributed by atoms with Gasteiger partial charge in [0.05, 0.1) is 0 Å². The van der Waals surface area contributed by atoms with Gasteiger partial charge in [0.2, 0.25) is 0 Å². The molecule has 3 aliphatic rings. The van der Waals surface area contributed by atoms with E-state index in [1.165, 1.54) is 38.5 Å². The van der Waals surface area contributed by atoms with Crippen molar-refractivity contribution in [1.82, 2.24) is 0 Å². The average Bonchev–Trinajstić information content (AvgIpc) is 2.95. The predicted octanol–water partition coefficient (Wildman–Crippen LogP) is 2.47. The van der Waals surface area contributed by atoms with Gasteiger partial charge >= 0.3 is 0 Å². The molecule has 0 aromatic carbocycles. The van der Waals surface area contributed by atoms with Gasteiger partial charge in [-0.05, 0) is 56.3 Å². The molecule has 3 aliphatic carbocycles. The first-order chi connectivity index (χ1) is 6.27. The second-order valence-corrected chi connectivity index (χ2v) is 5.34. The maximum atomic E-state index is 6.05. The molecule has 0 saturated heterocycles. The van der Waals surface area contributed by atoms with E-state index in [-0.39, 0.29) is 5.54 Å². The highest BCUT2D eigenvalue weighted by Crippen LogP contribution is 2.50. The van der Waals surface area contributed by atoms with Gasteiger partial charge in [-0.1, -0.05) is 12.2 Å². The minimum Gasteiger partial charge on any atom is -0.322 e. The first-order valence-corrected chi connectivity index (χ1v) is 5.75. The van der Waals surface area contributed by atoms with Crippen LogP contribution in [0.3, 0.4) is 0 Å². The van der Waals surface area contributed by atoms with Crippen LogP contribution in [0.15, 0.2) is 12.2 Å². The topological polar surface area (TPSA) is 26.0 Å². The van der Waals surface area contributed by atoms with E-state index in [0.29, 0.717) is 0 Å². The van der Waals surface area contributed by atoms with Crippen molar-refractivity contribution in [3.8, 4) is 0 Å². The van der Waals surface area contributed by atoms with Gasteiger partial charge in [-0.25, -0.2) is 0 Å². The Bertz CT molecular complexity index is 220. The molecule has 0 aromatic rings. The van der Waals surface area contributed by atoms with E-state index >= 15 is 0 Å². The summed E-state index contributed by atoms with van der Waals surface area (Å²) in [5.74, 6) is 2.97. The number of rotatable bonds is 4. The molecule has 0 unspecified atom stereocenters. The fraction of sp³-hybridized carbons (Fsp3) is 0.833. The number of allylic oxidation sites excluding steroid dienone is 1. The van der Waals surface area contributed by atoms with Crippen molar-refractivity contribution >= 4 is 0 Å². The van der Waals surface area contributed by atoms with Gasteiger partial charge in [-0.15, -0.1) is 0 Å². The van der Waals surface area contributed by atoms with E-state index in [1.807, 2.05) is 0 Å². The summed E-state index contributed by atoms with van der Waals surface area (Å²) in [7, 11) is 0. The molecule has 0 radical (unpaired) electrons. The number of hydrogen-bond acceptors (Lipinski definition) is 1. The molecule has 2 N–H and O–H groups in total. The third kappa shape index (κ3) is 1.80. The zero-order valence-electron chi connectivity index (χ0n) is 8.21. The lowest BCUT2D eigenvalue weighted by Gasteiger charge is -2.10. The van der Waals surface area contributed by atoms with Crippen molar-refractivity contribution in [2.45, 2.75) is 44.1 Å². The van der Waals surface area contributed by atoms with Crippen molar-refractivity contribution in [3.63, 3.8) is 0 Å². The van der Waals surface area contributed by atoms with E-state index in [0.717, 1.165) is 17.8 Å². The zero-order valence-corrected chi connectivity index (χ0v) is 8.21. The highest BCUT2D eigenvalue weighted by Gasteiger charge is 2.41. The zero-order chi connectivity index (χ0) is 8.89. The van der Waals surface area contributed by atoms with Crippen LogP contribution in [0.1, 0.15) is 38.5 Å². The number of nitrogens with two attached hydrogens (primary N) is 1. The molecule has 0 aliphatic heterocycles. The van der Waals surface area contributed by atoms with Crippen LogP contribution in [-0.2, 0) is 0 Å². The molecule has 72 valence electrons. The third-order valence-corrected chi connectivity index (χ3v) is 3.81. The van der Waals surface area contributed by atoms with Gasteiger partial charge in [0.25, 0.3) is 0 Å². The van der Waals surface area contributed by atoms with Crippen LogP contribution in [0.2, 0.25) is 0 Å². The fourth-order valence-electron chi connectivity index (χ4n) is 2.28. The van der Waals surface area contributed by atoms with Gasteiger partial charge in [0, 0.05) is 5.54 Å². The molecule has 13 heavy (non-hydrogen) atoms. The highest BCUT2D eigenvalue weighted by atomic mass is 14.8. The molecule has 0 spiro atoms. The quantitative estimate of drug-likeness (QED) is 0.656. The summed E-state index contributed by atoms with van der Waals surface area (Å²) in [6, 6.07) is 0. The molecular formula is C12H19N. The summed E-state index contributed by atoms with van der Waals surface area (Å²) in [4.78, 5) is 0. The Morgan fingerprint density at radius 1 is 1.08 bits per heavy atom. The van der Waals surface area contributed by atoms with Crippen LogP contribution in [-0.4, -0.2) is 5.54 Å². The Morgan fingerprint density at radius 2 is 1.62 bits per heavy atom. The monoisotopic (exact) mass is 177 g/mol. The van der Waals surface area contributed by atoms with Crippen LogP contribution in [0, 0.1) is 17.8 Å². The predicted molar refractivity (Wildman–Crippen MR) is 54.2 cm³/mol. The third-order valence-electron chi connectivity index (χ3n) is 3.81. The molecule has 0 heterocycles. The lowest BCUT2D eigenvalue weighted by molar-refractivity contribution is 0.498. The summed E-state index contributed by atoms with van der Waals surface area (Å²) in [5, 5.41) is 0. The first-order valence-electron chi connectivity index (χ1n) is 5.75. The van der Waals surface area contributed by atoms with Crippen molar-refractivity contribution in [2.24, 2.45) is 23.5 Å². The summed E-state index contributed by atoms with van der Waals surface area (Å²) in [6.07, 6.45) is 13.1. The Balaban J connectivity index is 1.63. The Kier molecular flexibility index (Phi) is 1.61. The minimum atomic E-state index is 0.127. The maximum absolute atomic E-state index is 6.05. The van der Waals surface area contributed by atoms with Crippen molar-refractivity contribution in [2.75, 3.05) is 0 Å². The standard InChI is InChI=1S/C12H19N/c13-12(7-8-12)6-5-11(9-1-2-9)10-3-4-10/h5-6,9-11H,1-4,7-8,13H2. The fourth-order valence-corrected chi connectivity index (χ4v) is 2.28. The first kappa shape index (κ1) is 8.05. The van der Waals surface area contributed by atoms with Gasteiger partial charge in [0.1, 0.15) is 0 Å². The molecule has 0 amide bonds. The van der Waals surface area contributed by atoms with E-state index < -0.39 is 0 Å². The van der Waals surface area contributed by atoms with E-state index in [4.69, 9.17) is 5.73 Å². The summed E-state index contributed by atoms with van der Waals surface area (Å²) in [5.41, 5.74) is 6.18. The molecule has 0 atom stereocenters. The van der Waals surface area contributed by atoms with E-state index in [9.17, 15) is 0 Å². The largest absolute Gasteiger partial charge is 0.322 e. The van der Waals surface area contributed by atoms with Crippen LogP contribution in [0.5, 0.6) is 0 Å². The lowest BCUT2D eigenvalue weighted by atomic mass is 9.96. The van der Waals surface area contributed by atoms with Gasteiger partial charge in [-0.3, -0.25) is 0 Å². The molecule has 1 nitrogen and oxygen atoms in total. The summed E-state index contributed by atoms with van der Waals surface area (Å²) >= 11 is 0. The van der Waals surface area contributed by atoms with Crippen LogP contribution in [0.4, 0.5) is 0 Å². The second kappa shape index (κ2) is 2.60. The maximum Gasteiger partial charge on any atom is 0.0340 e. The molecule has 3 fully saturated rings. The Labute approximate surface area is 80.4 Å². The highest BCUT2D eigenvalue weighted by molar-refractivity contribution is 5.17. The van der Waals surface area contributed by atoms with Crippen molar-refractivity contribution in [1.29, 1.82) is 0 Å².